The third-order valence-electron chi connectivity index (χ3n) is 3.08. The molecule has 0 aliphatic heterocycles. The molecule has 0 bridgehead atoms. The van der Waals surface area contributed by atoms with Gasteiger partial charge < -0.3 is 4.74 Å². The molecule has 0 aromatic heterocycles. The van der Waals surface area contributed by atoms with E-state index < -0.39 is 40.9 Å². The molecule has 0 heterocycles. The lowest BCUT2D eigenvalue weighted by atomic mass is 9.99. The summed E-state index contributed by atoms with van der Waals surface area (Å²) in [6, 6.07) is 3.98. The minimum atomic E-state index is -4.75. The number of rotatable bonds is 5. The molecule has 4 nitrogen and oxygen atoms in total. The van der Waals surface area contributed by atoms with Gasteiger partial charge in [-0.3, -0.25) is 9.59 Å². The summed E-state index contributed by atoms with van der Waals surface area (Å²) in [5, 5.41) is 0. The van der Waals surface area contributed by atoms with E-state index in [-0.39, 0.29) is 12.8 Å². The van der Waals surface area contributed by atoms with Crippen LogP contribution in [0.5, 0.6) is 0 Å². The third-order valence-corrected chi connectivity index (χ3v) is 3.08. The van der Waals surface area contributed by atoms with E-state index >= 15 is 0 Å². The number of ether oxygens (including phenoxy) is 1. The van der Waals surface area contributed by atoms with Crippen LogP contribution in [-0.4, -0.2) is 17.7 Å². The molecular weight excluding hydrogens is 301 g/mol. The van der Waals surface area contributed by atoms with E-state index in [1.807, 2.05) is 0 Å². The van der Waals surface area contributed by atoms with Gasteiger partial charge in [0.1, 0.15) is 11.7 Å². The van der Waals surface area contributed by atoms with Gasteiger partial charge in [0.25, 0.3) is 0 Å². The number of hydrogen-bond donors (Lipinski definition) is 0. The van der Waals surface area contributed by atoms with Gasteiger partial charge in [-0.15, -0.1) is 0 Å². The van der Waals surface area contributed by atoms with Crippen LogP contribution in [0.4, 0.5) is 13.2 Å². The largest absolute Gasteiger partial charge is 0.417 e. The van der Waals surface area contributed by atoms with E-state index in [2.05, 4.69) is 4.74 Å². The van der Waals surface area contributed by atoms with Crippen molar-refractivity contribution in [1.29, 1.82) is 0 Å². The predicted octanol–water partition coefficient (Wildman–Crippen LogP) is 3.39. The summed E-state index contributed by atoms with van der Waals surface area (Å²) >= 11 is 0. The Morgan fingerprint density at radius 2 is 1.73 bits per heavy atom. The molecule has 0 saturated carbocycles. The first kappa shape index (κ1) is 17.9. The Kier molecular flexibility index (Phi) is 5.84. The lowest BCUT2D eigenvalue weighted by molar-refractivity contribution is -0.148. The standard InChI is InChI=1S/C15H15F3O4/c1-3-9(12(19)4-2)13(20)22-14(21)10-7-5-6-8-11(10)15(16,17)18/h5-9H,3-4H2,1-2H3. The first-order valence-corrected chi connectivity index (χ1v) is 6.67. The van der Waals surface area contributed by atoms with Crippen molar-refractivity contribution in [2.24, 2.45) is 5.92 Å². The van der Waals surface area contributed by atoms with Crippen LogP contribution in [0.25, 0.3) is 0 Å². The van der Waals surface area contributed by atoms with Gasteiger partial charge in [0.2, 0.25) is 0 Å². The molecule has 0 fully saturated rings. The fourth-order valence-corrected chi connectivity index (χ4v) is 1.90. The molecule has 0 spiro atoms. The second kappa shape index (κ2) is 7.20. The highest BCUT2D eigenvalue weighted by atomic mass is 19.4. The van der Waals surface area contributed by atoms with Crippen LogP contribution in [0.15, 0.2) is 24.3 Å². The Morgan fingerprint density at radius 3 is 2.23 bits per heavy atom. The topological polar surface area (TPSA) is 60.4 Å². The first-order chi connectivity index (χ1) is 10.2. The van der Waals surface area contributed by atoms with Gasteiger partial charge in [-0.05, 0) is 18.6 Å². The Hall–Kier alpha value is -2.18. The maximum atomic E-state index is 12.8. The third kappa shape index (κ3) is 4.16. The molecule has 0 aliphatic rings. The second-order valence-corrected chi connectivity index (χ2v) is 4.53. The Morgan fingerprint density at radius 1 is 1.14 bits per heavy atom. The zero-order valence-electron chi connectivity index (χ0n) is 12.1. The number of carbonyl (C=O) groups excluding carboxylic acids is 3. The summed E-state index contributed by atoms with van der Waals surface area (Å²) in [4.78, 5) is 35.1. The lowest BCUT2D eigenvalue weighted by Crippen LogP contribution is -2.28. The van der Waals surface area contributed by atoms with Crippen LogP contribution >= 0.6 is 0 Å². The summed E-state index contributed by atoms with van der Waals surface area (Å²) < 4.78 is 42.9. The Balaban J connectivity index is 2.99. The van der Waals surface area contributed by atoms with Crippen LogP contribution < -0.4 is 0 Å². The van der Waals surface area contributed by atoms with E-state index in [1.165, 1.54) is 6.07 Å². The normalized spacial score (nSPS) is 12.6. The Bertz CT molecular complexity index is 578. The molecule has 7 heteroatoms. The van der Waals surface area contributed by atoms with Crippen molar-refractivity contribution in [3.05, 3.63) is 35.4 Å². The molecule has 1 aromatic carbocycles. The SMILES string of the molecule is CCC(=O)C(CC)C(=O)OC(=O)c1ccccc1C(F)(F)F. The average molecular weight is 316 g/mol. The van der Waals surface area contributed by atoms with Crippen LogP contribution in [-0.2, 0) is 20.5 Å². The van der Waals surface area contributed by atoms with Crippen molar-refractivity contribution in [3.8, 4) is 0 Å². The van der Waals surface area contributed by atoms with Crippen LogP contribution in [0.2, 0.25) is 0 Å². The minimum absolute atomic E-state index is 0.0704. The van der Waals surface area contributed by atoms with Crippen molar-refractivity contribution >= 4 is 17.7 Å². The zero-order valence-corrected chi connectivity index (χ0v) is 12.1. The molecule has 1 unspecified atom stereocenters. The maximum absolute atomic E-state index is 12.8. The average Bonchev–Trinajstić information content (AvgIpc) is 2.46. The molecular formula is C15H15F3O4. The molecule has 0 radical (unpaired) electrons. The fourth-order valence-electron chi connectivity index (χ4n) is 1.90. The van der Waals surface area contributed by atoms with Gasteiger partial charge >= 0.3 is 18.1 Å². The predicted molar refractivity (Wildman–Crippen MR) is 70.9 cm³/mol. The summed E-state index contributed by atoms with van der Waals surface area (Å²) in [7, 11) is 0. The monoisotopic (exact) mass is 316 g/mol. The molecule has 1 aromatic rings. The number of halogens is 3. The van der Waals surface area contributed by atoms with E-state index in [0.29, 0.717) is 0 Å². The highest BCUT2D eigenvalue weighted by Gasteiger charge is 2.36. The number of esters is 2. The molecule has 0 N–H and O–H groups in total. The van der Waals surface area contributed by atoms with Gasteiger partial charge in [-0.25, -0.2) is 4.79 Å². The minimum Gasteiger partial charge on any atom is -0.389 e. The lowest BCUT2D eigenvalue weighted by Gasteiger charge is -2.14. The number of alkyl halides is 3. The highest BCUT2D eigenvalue weighted by Crippen LogP contribution is 2.32. The van der Waals surface area contributed by atoms with E-state index in [0.717, 1.165) is 18.2 Å². The van der Waals surface area contributed by atoms with Gasteiger partial charge in [-0.1, -0.05) is 26.0 Å². The molecule has 0 amide bonds. The molecule has 0 saturated heterocycles. The van der Waals surface area contributed by atoms with Gasteiger partial charge in [0.05, 0.1) is 11.1 Å². The molecule has 120 valence electrons. The van der Waals surface area contributed by atoms with Crippen LogP contribution in [0.1, 0.15) is 42.6 Å². The summed E-state index contributed by atoms with van der Waals surface area (Å²) in [6.07, 6.45) is -4.57. The summed E-state index contributed by atoms with van der Waals surface area (Å²) in [6.45, 7) is 3.09. The number of ketones is 1. The molecule has 1 atom stereocenters. The first-order valence-electron chi connectivity index (χ1n) is 6.67. The van der Waals surface area contributed by atoms with Gasteiger partial charge in [-0.2, -0.15) is 13.2 Å². The Labute approximate surface area is 125 Å². The summed E-state index contributed by atoms with van der Waals surface area (Å²) in [5.74, 6) is -4.12. The number of carbonyl (C=O) groups is 3. The van der Waals surface area contributed by atoms with E-state index in [1.54, 1.807) is 13.8 Å². The van der Waals surface area contributed by atoms with Crippen molar-refractivity contribution in [1.82, 2.24) is 0 Å². The number of benzene rings is 1. The highest BCUT2D eigenvalue weighted by molar-refractivity contribution is 6.05. The maximum Gasteiger partial charge on any atom is 0.417 e. The zero-order chi connectivity index (χ0) is 16.9. The number of hydrogen-bond acceptors (Lipinski definition) is 4. The molecule has 1 rings (SSSR count). The molecule has 0 aliphatic carbocycles. The fraction of sp³-hybridized carbons (Fsp3) is 0.400. The van der Waals surface area contributed by atoms with Crippen molar-refractivity contribution in [2.45, 2.75) is 32.9 Å². The van der Waals surface area contributed by atoms with Gasteiger partial charge in [0.15, 0.2) is 0 Å². The van der Waals surface area contributed by atoms with E-state index in [4.69, 9.17) is 0 Å². The van der Waals surface area contributed by atoms with Crippen LogP contribution in [0.3, 0.4) is 0 Å². The molecule has 22 heavy (non-hydrogen) atoms. The van der Waals surface area contributed by atoms with Crippen molar-refractivity contribution in [3.63, 3.8) is 0 Å². The smallest absolute Gasteiger partial charge is 0.389 e. The van der Waals surface area contributed by atoms with Crippen molar-refractivity contribution in [2.75, 3.05) is 0 Å². The van der Waals surface area contributed by atoms with Gasteiger partial charge in [0, 0.05) is 6.42 Å². The number of Topliss-reactive ketones (excluding diaryl/α,β-unsaturated/α-hetero) is 1. The second-order valence-electron chi connectivity index (χ2n) is 4.53. The summed E-state index contributed by atoms with van der Waals surface area (Å²) in [5.41, 5.74) is -1.95. The van der Waals surface area contributed by atoms with E-state index in [9.17, 15) is 27.6 Å². The quantitative estimate of drug-likeness (QED) is 0.617. The van der Waals surface area contributed by atoms with Crippen molar-refractivity contribution < 1.29 is 32.3 Å². The van der Waals surface area contributed by atoms with Crippen LogP contribution in [0, 0.1) is 5.92 Å².